The van der Waals surface area contributed by atoms with Crippen molar-refractivity contribution in [3.8, 4) is 0 Å². The number of carboxylic acid groups (broad SMARTS) is 1. The zero-order chi connectivity index (χ0) is 32.9. The topological polar surface area (TPSA) is 176 Å². The highest BCUT2D eigenvalue weighted by Crippen LogP contribution is 2.39. The molecule has 18 heteroatoms. The number of carbonyl (C=O) groups excluding carboxylic acids is 2. The van der Waals surface area contributed by atoms with Gasteiger partial charge in [-0.3, -0.25) is 9.59 Å². The van der Waals surface area contributed by atoms with Crippen LogP contribution in [0.25, 0.3) is 0 Å². The maximum Gasteiger partial charge on any atom is 0.490 e. The number of nitrogens with zero attached hydrogens (tertiary/aromatic N) is 3. The molecule has 0 atom stereocenters. The van der Waals surface area contributed by atoms with Crippen molar-refractivity contribution in [1.29, 1.82) is 0 Å². The first kappa shape index (κ1) is 35.0. The number of carboxylic acids is 1. The Morgan fingerprint density at radius 1 is 0.930 bits per heavy atom. The number of aliphatic imine (C=N–C) groups is 1. The van der Waals surface area contributed by atoms with Crippen LogP contribution in [0, 0.1) is 0 Å². The molecule has 2 aromatic carbocycles. The molecule has 1 fully saturated rings. The lowest BCUT2D eigenvalue weighted by Gasteiger charge is -2.33. The summed E-state index contributed by atoms with van der Waals surface area (Å²) in [6.45, 7) is 0.431. The molecule has 1 aliphatic rings. The zero-order valence-corrected chi connectivity index (χ0v) is 23.4. The van der Waals surface area contributed by atoms with E-state index in [0.29, 0.717) is 0 Å². The molecule has 1 saturated heterocycles. The van der Waals surface area contributed by atoms with Gasteiger partial charge in [0.15, 0.2) is 5.96 Å². The van der Waals surface area contributed by atoms with Crippen LogP contribution in [0.3, 0.4) is 0 Å². The second kappa shape index (κ2) is 13.4. The third-order valence-electron chi connectivity index (χ3n) is 6.18. The van der Waals surface area contributed by atoms with Crippen molar-refractivity contribution in [2.75, 3.05) is 27.2 Å². The molecule has 0 saturated carbocycles. The number of likely N-dealkylation sites (tertiary alicyclic amines) is 1. The SMILES string of the molecule is CN(C)S(=O)(=O)c1ccc(C(=O)N2CCC(c3ccc(C(=O)N=C(N)N)cc3C(F)(F)F)CC2)cc1.O=C(O)C(F)(F)F. The molecule has 1 heterocycles. The first-order valence-corrected chi connectivity index (χ1v) is 13.6. The average Bonchev–Trinajstić information content (AvgIpc) is 2.91. The van der Waals surface area contributed by atoms with Gasteiger partial charge >= 0.3 is 18.3 Å². The van der Waals surface area contributed by atoms with Gasteiger partial charge in [0.25, 0.3) is 11.8 Å². The van der Waals surface area contributed by atoms with E-state index in [1.807, 2.05) is 0 Å². The van der Waals surface area contributed by atoms with E-state index >= 15 is 0 Å². The number of guanidine groups is 1. The molecule has 0 unspecified atom stereocenters. The fraction of sp³-hybridized carbons (Fsp3) is 0.360. The molecule has 0 radical (unpaired) electrons. The third kappa shape index (κ3) is 9.15. The van der Waals surface area contributed by atoms with Crippen LogP contribution < -0.4 is 11.5 Å². The van der Waals surface area contributed by atoms with Crippen LogP contribution in [0.1, 0.15) is 50.6 Å². The molecule has 2 amide bonds. The van der Waals surface area contributed by atoms with E-state index < -0.39 is 51.7 Å². The number of hydrogen-bond acceptors (Lipinski definition) is 5. The summed E-state index contributed by atoms with van der Waals surface area (Å²) in [6.07, 6.45) is -9.22. The van der Waals surface area contributed by atoms with E-state index in [2.05, 4.69) is 4.99 Å². The first-order chi connectivity index (χ1) is 19.7. The lowest BCUT2D eigenvalue weighted by Crippen LogP contribution is -2.38. The molecule has 3 rings (SSSR count). The fourth-order valence-corrected chi connectivity index (χ4v) is 4.93. The van der Waals surface area contributed by atoms with Gasteiger partial charge in [0, 0.05) is 38.3 Å². The van der Waals surface area contributed by atoms with Crippen LogP contribution in [0.5, 0.6) is 0 Å². The average molecular weight is 640 g/mol. The first-order valence-electron chi connectivity index (χ1n) is 12.1. The van der Waals surface area contributed by atoms with Gasteiger partial charge in [-0.25, -0.2) is 17.5 Å². The summed E-state index contributed by atoms with van der Waals surface area (Å²) < 4.78 is 98.6. The molecule has 43 heavy (non-hydrogen) atoms. The number of carbonyl (C=O) groups is 3. The zero-order valence-electron chi connectivity index (χ0n) is 22.6. The van der Waals surface area contributed by atoms with Gasteiger partial charge in [-0.15, -0.1) is 0 Å². The second-order valence-electron chi connectivity index (χ2n) is 9.32. The highest BCUT2D eigenvalue weighted by Gasteiger charge is 2.38. The van der Waals surface area contributed by atoms with E-state index in [-0.39, 0.29) is 53.4 Å². The molecular weight excluding hydrogens is 612 g/mol. The number of benzene rings is 2. The number of sulfonamides is 1. The Bertz CT molecular complexity index is 1480. The maximum absolute atomic E-state index is 13.8. The summed E-state index contributed by atoms with van der Waals surface area (Å²) >= 11 is 0. The Morgan fingerprint density at radius 2 is 1.42 bits per heavy atom. The largest absolute Gasteiger partial charge is 0.490 e. The van der Waals surface area contributed by atoms with Gasteiger partial charge in [0.1, 0.15) is 0 Å². The minimum atomic E-state index is -5.08. The van der Waals surface area contributed by atoms with Crippen molar-refractivity contribution < 1.29 is 54.3 Å². The molecule has 0 aliphatic carbocycles. The van der Waals surface area contributed by atoms with E-state index in [1.165, 1.54) is 55.4 Å². The van der Waals surface area contributed by atoms with Crippen LogP contribution in [0.15, 0.2) is 52.4 Å². The predicted octanol–water partition coefficient (Wildman–Crippen LogP) is 3.02. The summed E-state index contributed by atoms with van der Waals surface area (Å²) in [6, 6.07) is 8.76. The van der Waals surface area contributed by atoms with Crippen LogP contribution in [-0.4, -0.2) is 79.8 Å². The van der Waals surface area contributed by atoms with E-state index in [0.717, 1.165) is 10.4 Å². The number of aliphatic carboxylic acids is 1. The Hall–Kier alpha value is -4.19. The lowest BCUT2D eigenvalue weighted by atomic mass is 9.85. The summed E-state index contributed by atoms with van der Waals surface area (Å²) in [5.41, 5.74) is 9.38. The van der Waals surface area contributed by atoms with Gasteiger partial charge in [0.2, 0.25) is 10.0 Å². The smallest absolute Gasteiger partial charge is 0.475 e. The van der Waals surface area contributed by atoms with Crippen LogP contribution in [-0.2, 0) is 21.0 Å². The number of alkyl halides is 6. The molecule has 2 aromatic rings. The van der Waals surface area contributed by atoms with E-state index in [4.69, 9.17) is 21.4 Å². The molecule has 5 N–H and O–H groups in total. The molecule has 1 aliphatic heterocycles. The number of piperidine rings is 1. The van der Waals surface area contributed by atoms with Crippen LogP contribution in [0.2, 0.25) is 0 Å². The van der Waals surface area contributed by atoms with Crippen molar-refractivity contribution in [2.45, 2.75) is 36.0 Å². The summed E-state index contributed by atoms with van der Waals surface area (Å²) in [4.78, 5) is 38.6. The molecule has 0 spiro atoms. The van der Waals surface area contributed by atoms with Crippen LogP contribution >= 0.6 is 0 Å². The minimum Gasteiger partial charge on any atom is -0.475 e. The van der Waals surface area contributed by atoms with E-state index in [1.54, 1.807) is 0 Å². The predicted molar refractivity (Wildman–Crippen MR) is 140 cm³/mol. The van der Waals surface area contributed by atoms with E-state index in [9.17, 15) is 44.3 Å². The number of nitrogens with two attached hydrogens (primary N) is 2. The molecule has 0 aromatic heterocycles. The Morgan fingerprint density at radius 3 is 1.84 bits per heavy atom. The summed E-state index contributed by atoms with van der Waals surface area (Å²) in [5, 5.41) is 7.12. The second-order valence-corrected chi connectivity index (χ2v) is 11.5. The molecule has 11 nitrogen and oxygen atoms in total. The molecule has 0 bridgehead atoms. The number of halogens is 6. The number of rotatable bonds is 5. The highest BCUT2D eigenvalue weighted by molar-refractivity contribution is 7.89. The Kier molecular flexibility index (Phi) is 10.9. The van der Waals surface area contributed by atoms with Crippen molar-refractivity contribution in [1.82, 2.24) is 9.21 Å². The fourth-order valence-electron chi connectivity index (χ4n) is 4.03. The Balaban J connectivity index is 0.000000821. The van der Waals surface area contributed by atoms with Gasteiger partial charge in [-0.2, -0.15) is 31.3 Å². The summed E-state index contributed by atoms with van der Waals surface area (Å²) in [5.74, 6) is -5.10. The van der Waals surface area contributed by atoms with Gasteiger partial charge in [0.05, 0.1) is 10.5 Å². The van der Waals surface area contributed by atoms with Crippen molar-refractivity contribution in [3.05, 3.63) is 64.7 Å². The minimum absolute atomic E-state index is 0.0362. The van der Waals surface area contributed by atoms with Gasteiger partial charge < -0.3 is 21.5 Å². The van der Waals surface area contributed by atoms with Crippen molar-refractivity contribution in [2.24, 2.45) is 16.5 Å². The third-order valence-corrected chi connectivity index (χ3v) is 8.01. The normalized spacial score (nSPS) is 14.5. The van der Waals surface area contributed by atoms with Crippen molar-refractivity contribution in [3.63, 3.8) is 0 Å². The standard InChI is InChI=1S/C23H26F3N5O4S.C2HF3O2/c1-30(2)36(34,35)17-6-3-15(4-7-17)21(33)31-11-9-14(10-12-31)18-8-5-16(20(32)29-22(27)28)13-19(18)23(24,25)26;3-2(4,5)1(6)7/h3-8,13-14H,9-12H2,1-2H3,(H4,27,28,29,32);(H,6,7). The van der Waals surface area contributed by atoms with Crippen molar-refractivity contribution >= 4 is 33.8 Å². The number of amides is 2. The van der Waals surface area contributed by atoms with Crippen LogP contribution in [0.4, 0.5) is 26.3 Å². The summed E-state index contributed by atoms with van der Waals surface area (Å²) in [7, 11) is -0.835. The quantitative estimate of drug-likeness (QED) is 0.254. The van der Waals surface area contributed by atoms with Gasteiger partial charge in [-0.1, -0.05) is 6.07 Å². The highest BCUT2D eigenvalue weighted by atomic mass is 32.2. The lowest BCUT2D eigenvalue weighted by molar-refractivity contribution is -0.192. The molecule has 236 valence electrons. The van der Waals surface area contributed by atoms with Gasteiger partial charge in [-0.05, 0) is 60.7 Å². The molecular formula is C25H27F6N5O6S. The maximum atomic E-state index is 13.8. The number of hydrogen-bond donors (Lipinski definition) is 3. The monoisotopic (exact) mass is 639 g/mol. The Labute approximate surface area is 241 Å².